The van der Waals surface area contributed by atoms with Crippen LogP contribution in [0.5, 0.6) is 0 Å². The monoisotopic (exact) mass is 251 g/mol. The van der Waals surface area contributed by atoms with Gasteiger partial charge in [0.15, 0.2) is 0 Å². The van der Waals surface area contributed by atoms with E-state index in [-0.39, 0.29) is 5.76 Å². The Hall–Kier alpha value is -2.55. The van der Waals surface area contributed by atoms with Crippen LogP contribution < -0.4 is 5.76 Å². The van der Waals surface area contributed by atoms with Crippen molar-refractivity contribution in [3.63, 3.8) is 0 Å². The van der Waals surface area contributed by atoms with Crippen molar-refractivity contribution in [1.29, 1.82) is 0 Å². The number of para-hydroxylation sites is 1. The van der Waals surface area contributed by atoms with Gasteiger partial charge in [0.1, 0.15) is 6.26 Å². The molecule has 0 saturated carbocycles. The Morgan fingerprint density at radius 3 is 2.32 bits per heavy atom. The van der Waals surface area contributed by atoms with Crippen molar-refractivity contribution in [3.8, 4) is 16.9 Å². The summed E-state index contributed by atoms with van der Waals surface area (Å²) in [6.45, 7) is 2.03. The van der Waals surface area contributed by atoms with E-state index in [2.05, 4.69) is 0 Å². The molecule has 1 heterocycles. The van der Waals surface area contributed by atoms with E-state index in [1.807, 2.05) is 61.5 Å². The van der Waals surface area contributed by atoms with Crippen molar-refractivity contribution in [3.05, 3.63) is 77.0 Å². The molecular formula is C16H13NO2. The van der Waals surface area contributed by atoms with Crippen LogP contribution in [0.2, 0.25) is 0 Å². The van der Waals surface area contributed by atoms with Crippen molar-refractivity contribution in [2.45, 2.75) is 6.92 Å². The summed E-state index contributed by atoms with van der Waals surface area (Å²) in [4.78, 5) is 11.9. The minimum atomic E-state index is -0.373. The van der Waals surface area contributed by atoms with Gasteiger partial charge in [0.2, 0.25) is 0 Å². The number of rotatable bonds is 2. The first-order chi connectivity index (χ1) is 9.25. The van der Waals surface area contributed by atoms with E-state index in [0.29, 0.717) is 0 Å². The summed E-state index contributed by atoms with van der Waals surface area (Å²) in [6, 6.07) is 17.5. The third kappa shape index (κ3) is 2.10. The molecular weight excluding hydrogens is 238 g/mol. The van der Waals surface area contributed by atoms with E-state index >= 15 is 0 Å². The maximum atomic E-state index is 11.9. The molecule has 1 aromatic heterocycles. The first-order valence-corrected chi connectivity index (χ1v) is 6.09. The lowest BCUT2D eigenvalue weighted by molar-refractivity contribution is 0.504. The van der Waals surface area contributed by atoms with Gasteiger partial charge in [-0.15, -0.1) is 0 Å². The Balaban J connectivity index is 2.19. The smallest absolute Gasteiger partial charge is 0.415 e. The largest absolute Gasteiger partial charge is 0.424 e. The fourth-order valence-corrected chi connectivity index (χ4v) is 2.05. The van der Waals surface area contributed by atoms with Gasteiger partial charge in [-0.2, -0.15) is 0 Å². The molecule has 3 nitrogen and oxygen atoms in total. The third-order valence-electron chi connectivity index (χ3n) is 3.06. The maximum Gasteiger partial charge on any atom is 0.424 e. The van der Waals surface area contributed by atoms with Gasteiger partial charge in [-0.05, 0) is 19.1 Å². The van der Waals surface area contributed by atoms with Crippen LogP contribution in [0, 0.1) is 6.92 Å². The Kier molecular flexibility index (Phi) is 2.80. The molecule has 0 atom stereocenters. The molecule has 3 heteroatoms. The summed E-state index contributed by atoms with van der Waals surface area (Å²) in [6.07, 6.45) is 1.50. The third-order valence-corrected chi connectivity index (χ3v) is 3.06. The fraction of sp³-hybridized carbons (Fsp3) is 0.0625. The van der Waals surface area contributed by atoms with E-state index in [1.165, 1.54) is 11.8 Å². The van der Waals surface area contributed by atoms with Crippen LogP contribution in [0.25, 0.3) is 16.9 Å². The van der Waals surface area contributed by atoms with Crippen LogP contribution in [-0.4, -0.2) is 4.57 Å². The number of nitrogens with zero attached hydrogens (tertiary/aromatic N) is 1. The Labute approximate surface area is 110 Å². The molecule has 19 heavy (non-hydrogen) atoms. The maximum absolute atomic E-state index is 11.9. The molecule has 0 unspecified atom stereocenters. The zero-order chi connectivity index (χ0) is 13.2. The number of benzene rings is 2. The molecule has 3 aromatic rings. The summed E-state index contributed by atoms with van der Waals surface area (Å²) in [7, 11) is 0. The molecule has 3 rings (SSSR count). The topological polar surface area (TPSA) is 35.1 Å². The predicted molar refractivity (Wildman–Crippen MR) is 74.5 cm³/mol. The van der Waals surface area contributed by atoms with Crippen LogP contribution in [0.1, 0.15) is 5.56 Å². The minimum Gasteiger partial charge on any atom is -0.415 e. The van der Waals surface area contributed by atoms with Crippen molar-refractivity contribution >= 4 is 0 Å². The lowest BCUT2D eigenvalue weighted by Gasteiger charge is -2.06. The van der Waals surface area contributed by atoms with Gasteiger partial charge in [-0.1, -0.05) is 48.0 Å². The predicted octanol–water partition coefficient (Wildman–Crippen LogP) is 3.41. The lowest BCUT2D eigenvalue weighted by atomic mass is 10.1. The van der Waals surface area contributed by atoms with E-state index in [0.717, 1.165) is 16.9 Å². The Bertz CT molecular complexity index is 736. The molecule has 0 bridgehead atoms. The molecule has 0 saturated heterocycles. The van der Waals surface area contributed by atoms with Crippen LogP contribution in [-0.2, 0) is 0 Å². The van der Waals surface area contributed by atoms with E-state index in [4.69, 9.17) is 4.42 Å². The van der Waals surface area contributed by atoms with Gasteiger partial charge in [0, 0.05) is 5.56 Å². The highest BCUT2D eigenvalue weighted by molar-refractivity contribution is 5.61. The Morgan fingerprint density at radius 1 is 0.947 bits per heavy atom. The van der Waals surface area contributed by atoms with Crippen LogP contribution in [0.15, 0.2) is 70.1 Å². The highest BCUT2D eigenvalue weighted by Crippen LogP contribution is 2.21. The van der Waals surface area contributed by atoms with Gasteiger partial charge >= 0.3 is 5.76 Å². The molecule has 0 N–H and O–H groups in total. The van der Waals surface area contributed by atoms with Crippen molar-refractivity contribution in [2.75, 3.05) is 0 Å². The second-order valence-corrected chi connectivity index (χ2v) is 4.42. The van der Waals surface area contributed by atoms with Crippen molar-refractivity contribution in [2.24, 2.45) is 0 Å². The zero-order valence-corrected chi connectivity index (χ0v) is 10.5. The fourth-order valence-electron chi connectivity index (χ4n) is 2.05. The van der Waals surface area contributed by atoms with Gasteiger partial charge in [0.05, 0.1) is 11.4 Å². The van der Waals surface area contributed by atoms with E-state index < -0.39 is 0 Å². The van der Waals surface area contributed by atoms with Gasteiger partial charge < -0.3 is 4.42 Å². The summed E-state index contributed by atoms with van der Waals surface area (Å²) in [5.41, 5.74) is 3.70. The molecule has 0 fully saturated rings. The first kappa shape index (κ1) is 11.5. The van der Waals surface area contributed by atoms with Crippen molar-refractivity contribution in [1.82, 2.24) is 4.57 Å². The SMILES string of the molecule is Cc1ccc(-c2coc(=O)n2-c2ccccc2)cc1. The second-order valence-electron chi connectivity index (χ2n) is 4.42. The quantitative estimate of drug-likeness (QED) is 0.699. The molecule has 2 aromatic carbocycles. The minimum absolute atomic E-state index is 0.373. The highest BCUT2D eigenvalue weighted by atomic mass is 16.4. The standard InChI is InChI=1S/C16H13NO2/c1-12-7-9-13(10-8-12)15-11-19-16(18)17(15)14-5-3-2-4-6-14/h2-11H,1H3. The first-order valence-electron chi connectivity index (χ1n) is 6.09. The van der Waals surface area contributed by atoms with Crippen LogP contribution in [0.3, 0.4) is 0 Å². The van der Waals surface area contributed by atoms with Gasteiger partial charge in [-0.3, -0.25) is 0 Å². The highest BCUT2D eigenvalue weighted by Gasteiger charge is 2.11. The van der Waals surface area contributed by atoms with E-state index in [1.54, 1.807) is 4.57 Å². The number of aromatic nitrogens is 1. The van der Waals surface area contributed by atoms with Crippen LogP contribution >= 0.6 is 0 Å². The molecule has 0 amide bonds. The van der Waals surface area contributed by atoms with Gasteiger partial charge in [0.25, 0.3) is 0 Å². The summed E-state index contributed by atoms with van der Waals surface area (Å²) in [5, 5.41) is 0. The van der Waals surface area contributed by atoms with Crippen LogP contribution in [0.4, 0.5) is 0 Å². The average Bonchev–Trinajstić information content (AvgIpc) is 2.82. The Morgan fingerprint density at radius 2 is 1.63 bits per heavy atom. The summed E-state index contributed by atoms with van der Waals surface area (Å²) in [5.74, 6) is -0.373. The average molecular weight is 251 g/mol. The summed E-state index contributed by atoms with van der Waals surface area (Å²) < 4.78 is 6.62. The normalized spacial score (nSPS) is 10.6. The molecule has 0 spiro atoms. The number of aryl methyl sites for hydroxylation is 1. The zero-order valence-electron chi connectivity index (χ0n) is 10.5. The molecule has 0 aliphatic rings. The van der Waals surface area contributed by atoms with Crippen molar-refractivity contribution < 1.29 is 4.42 Å². The molecule has 94 valence electrons. The number of oxazole rings is 1. The van der Waals surface area contributed by atoms with Gasteiger partial charge in [-0.25, -0.2) is 9.36 Å². The number of hydrogen-bond donors (Lipinski definition) is 0. The van der Waals surface area contributed by atoms with E-state index in [9.17, 15) is 4.79 Å². The number of hydrogen-bond acceptors (Lipinski definition) is 2. The molecule has 0 aliphatic carbocycles. The molecule has 0 aliphatic heterocycles. The molecule has 0 radical (unpaired) electrons. The summed E-state index contributed by atoms with van der Waals surface area (Å²) >= 11 is 0. The second kappa shape index (κ2) is 4.61. The lowest BCUT2D eigenvalue weighted by Crippen LogP contribution is -2.12.